The van der Waals surface area contributed by atoms with Crippen molar-refractivity contribution in [3.8, 4) is 5.75 Å². The molecule has 1 aliphatic rings. The van der Waals surface area contributed by atoms with E-state index < -0.39 is 16.9 Å². The first-order valence-electron chi connectivity index (χ1n) is 7.15. The van der Waals surface area contributed by atoms with Crippen molar-refractivity contribution in [1.82, 2.24) is 0 Å². The molecule has 0 aliphatic carbocycles. The first-order valence-corrected chi connectivity index (χ1v) is 8.63. The summed E-state index contributed by atoms with van der Waals surface area (Å²) in [4.78, 5) is 0. The second-order valence-corrected chi connectivity index (χ2v) is 6.96. The first-order chi connectivity index (χ1) is 9.69. The lowest BCUT2D eigenvalue weighted by Gasteiger charge is -2.21. The van der Waals surface area contributed by atoms with Crippen molar-refractivity contribution in [1.29, 1.82) is 0 Å². The van der Waals surface area contributed by atoms with Crippen LogP contribution in [0.5, 0.6) is 5.75 Å². The molecule has 1 saturated heterocycles. The van der Waals surface area contributed by atoms with Gasteiger partial charge in [-0.05, 0) is 49.4 Å². The molecule has 1 atom stereocenters. The number of benzene rings is 1. The molecule has 1 fully saturated rings. The largest absolute Gasteiger partial charge is 0.493 e. The van der Waals surface area contributed by atoms with Crippen LogP contribution < -0.4 is 10.5 Å². The van der Waals surface area contributed by atoms with Crippen molar-refractivity contribution in [2.45, 2.75) is 25.4 Å². The third-order valence-electron chi connectivity index (χ3n) is 3.68. The lowest BCUT2D eigenvalue weighted by molar-refractivity contribution is 0.169. The van der Waals surface area contributed by atoms with Crippen LogP contribution in [0.25, 0.3) is 0 Å². The van der Waals surface area contributed by atoms with Crippen LogP contribution in [0, 0.1) is 5.92 Å². The molecule has 0 radical (unpaired) electrons. The Morgan fingerprint density at radius 1 is 1.40 bits per heavy atom. The zero-order valence-electron chi connectivity index (χ0n) is 11.7. The van der Waals surface area contributed by atoms with Gasteiger partial charge in [0.2, 0.25) is 0 Å². The summed E-state index contributed by atoms with van der Waals surface area (Å²) in [6, 6.07) is 7.55. The summed E-state index contributed by atoms with van der Waals surface area (Å²) in [5, 5.41) is 9.92. The van der Waals surface area contributed by atoms with Gasteiger partial charge in [-0.15, -0.1) is 0 Å². The summed E-state index contributed by atoms with van der Waals surface area (Å²) < 4.78 is 17.1. The predicted molar refractivity (Wildman–Crippen MR) is 81.2 cm³/mol. The van der Waals surface area contributed by atoms with Crippen molar-refractivity contribution in [2.75, 3.05) is 24.7 Å². The van der Waals surface area contributed by atoms with E-state index in [0.29, 0.717) is 25.5 Å². The van der Waals surface area contributed by atoms with Crippen molar-refractivity contribution in [3.05, 3.63) is 29.8 Å². The number of hydrogen-bond donors (Lipinski definition) is 2. The van der Waals surface area contributed by atoms with E-state index in [9.17, 15) is 9.32 Å². The molecule has 20 heavy (non-hydrogen) atoms. The molecule has 2 rings (SSSR count). The standard InChI is InChI=1S/C15H23NO3S/c16-7-4-15(17)13-2-1-3-14(10-13)19-11-12-5-8-20(18)9-6-12/h1-3,10,12,15,17H,4-9,11,16H2/t12?,15-,20?/m1/s1. The van der Waals surface area contributed by atoms with Gasteiger partial charge in [-0.25, -0.2) is 0 Å². The molecule has 0 spiro atoms. The van der Waals surface area contributed by atoms with E-state index >= 15 is 0 Å². The summed E-state index contributed by atoms with van der Waals surface area (Å²) >= 11 is 0. The van der Waals surface area contributed by atoms with Crippen molar-refractivity contribution in [2.24, 2.45) is 11.7 Å². The van der Waals surface area contributed by atoms with Gasteiger partial charge in [-0.2, -0.15) is 0 Å². The average molecular weight is 297 g/mol. The molecule has 3 N–H and O–H groups in total. The fourth-order valence-corrected chi connectivity index (χ4v) is 3.76. The topological polar surface area (TPSA) is 72.6 Å². The lowest BCUT2D eigenvalue weighted by atomic mass is 10.0. The van der Waals surface area contributed by atoms with Crippen LogP contribution in [0.2, 0.25) is 0 Å². The molecule has 0 amide bonds. The van der Waals surface area contributed by atoms with E-state index in [1.165, 1.54) is 0 Å². The predicted octanol–water partition coefficient (Wildman–Crippen LogP) is 1.61. The summed E-state index contributed by atoms with van der Waals surface area (Å²) in [5.74, 6) is 2.86. The Morgan fingerprint density at radius 2 is 2.15 bits per heavy atom. The number of ether oxygens (including phenoxy) is 1. The quantitative estimate of drug-likeness (QED) is 0.836. The van der Waals surface area contributed by atoms with Crippen LogP contribution in [0.4, 0.5) is 0 Å². The van der Waals surface area contributed by atoms with E-state index in [-0.39, 0.29) is 0 Å². The van der Waals surface area contributed by atoms with Crippen LogP contribution in [0.15, 0.2) is 24.3 Å². The maximum atomic E-state index is 11.3. The number of hydrogen-bond acceptors (Lipinski definition) is 4. The number of aliphatic hydroxyl groups is 1. The van der Waals surface area contributed by atoms with E-state index in [2.05, 4.69) is 0 Å². The fraction of sp³-hybridized carbons (Fsp3) is 0.600. The summed E-state index contributed by atoms with van der Waals surface area (Å²) in [6.07, 6.45) is 1.97. The molecule has 1 aromatic carbocycles. The summed E-state index contributed by atoms with van der Waals surface area (Å²) in [7, 11) is -0.622. The zero-order valence-corrected chi connectivity index (χ0v) is 12.5. The maximum Gasteiger partial charge on any atom is 0.119 e. The van der Waals surface area contributed by atoms with Crippen molar-refractivity contribution < 1.29 is 14.1 Å². The molecular formula is C15H23NO3S. The smallest absolute Gasteiger partial charge is 0.119 e. The molecule has 5 heteroatoms. The van der Waals surface area contributed by atoms with E-state index in [1.54, 1.807) is 0 Å². The minimum Gasteiger partial charge on any atom is -0.493 e. The van der Waals surface area contributed by atoms with Crippen LogP contribution in [-0.2, 0) is 10.8 Å². The maximum absolute atomic E-state index is 11.3. The minimum atomic E-state index is -0.622. The van der Waals surface area contributed by atoms with Crippen LogP contribution in [0.1, 0.15) is 30.9 Å². The van der Waals surface area contributed by atoms with Crippen molar-refractivity contribution >= 4 is 10.8 Å². The third-order valence-corrected chi connectivity index (χ3v) is 5.06. The molecule has 0 saturated carbocycles. The van der Waals surface area contributed by atoms with Gasteiger partial charge in [0, 0.05) is 22.3 Å². The molecule has 0 bridgehead atoms. The first kappa shape index (κ1) is 15.5. The zero-order chi connectivity index (χ0) is 14.4. The van der Waals surface area contributed by atoms with Gasteiger partial charge < -0.3 is 15.6 Å². The van der Waals surface area contributed by atoms with E-state index in [0.717, 1.165) is 35.7 Å². The summed E-state index contributed by atoms with van der Waals surface area (Å²) in [6.45, 7) is 1.12. The lowest BCUT2D eigenvalue weighted by Crippen LogP contribution is -2.23. The second kappa shape index (κ2) is 7.76. The number of rotatable bonds is 6. The molecule has 1 aliphatic heterocycles. The molecule has 0 aromatic heterocycles. The average Bonchev–Trinajstić information content (AvgIpc) is 2.47. The SMILES string of the molecule is NCC[C@@H](O)c1cccc(OCC2CCS(=O)CC2)c1. The number of aliphatic hydroxyl groups excluding tert-OH is 1. The Hall–Kier alpha value is -0.910. The minimum absolute atomic E-state index is 0.464. The molecule has 1 heterocycles. The number of nitrogens with two attached hydrogens (primary N) is 1. The van der Waals surface area contributed by atoms with Gasteiger partial charge in [-0.3, -0.25) is 4.21 Å². The van der Waals surface area contributed by atoms with E-state index in [1.807, 2.05) is 24.3 Å². The summed E-state index contributed by atoms with van der Waals surface area (Å²) in [5.41, 5.74) is 6.30. The van der Waals surface area contributed by atoms with Gasteiger partial charge in [0.05, 0.1) is 12.7 Å². The van der Waals surface area contributed by atoms with Crippen molar-refractivity contribution in [3.63, 3.8) is 0 Å². The highest BCUT2D eigenvalue weighted by molar-refractivity contribution is 7.85. The highest BCUT2D eigenvalue weighted by Gasteiger charge is 2.18. The Kier molecular flexibility index (Phi) is 6.01. The molecule has 1 aromatic rings. The normalized spacial score (nSPS) is 24.3. The molecule has 0 unspecified atom stereocenters. The van der Waals surface area contributed by atoms with Gasteiger partial charge >= 0.3 is 0 Å². The van der Waals surface area contributed by atoms with Gasteiger partial charge in [0.25, 0.3) is 0 Å². The monoisotopic (exact) mass is 297 g/mol. The Bertz CT molecular complexity index is 442. The Morgan fingerprint density at radius 3 is 2.85 bits per heavy atom. The van der Waals surface area contributed by atoms with Crippen LogP contribution in [0.3, 0.4) is 0 Å². The fourth-order valence-electron chi connectivity index (χ4n) is 2.36. The molecule has 4 nitrogen and oxygen atoms in total. The van der Waals surface area contributed by atoms with E-state index in [4.69, 9.17) is 10.5 Å². The highest BCUT2D eigenvalue weighted by Crippen LogP contribution is 2.23. The Labute approximate surface area is 122 Å². The van der Waals surface area contributed by atoms with Gasteiger partial charge in [0.1, 0.15) is 5.75 Å². The van der Waals surface area contributed by atoms with Gasteiger partial charge in [0.15, 0.2) is 0 Å². The molecular weight excluding hydrogens is 274 g/mol. The molecule has 112 valence electrons. The highest BCUT2D eigenvalue weighted by atomic mass is 32.2. The van der Waals surface area contributed by atoms with Crippen LogP contribution in [-0.4, -0.2) is 34.0 Å². The van der Waals surface area contributed by atoms with Crippen LogP contribution >= 0.6 is 0 Å². The second-order valence-electron chi connectivity index (χ2n) is 5.27. The third kappa shape index (κ3) is 4.58. The Balaban J connectivity index is 1.86. The van der Waals surface area contributed by atoms with Gasteiger partial charge in [-0.1, -0.05) is 12.1 Å².